The predicted octanol–water partition coefficient (Wildman–Crippen LogP) is 1.45. The standard InChI is InChI=1S/C17H31N3O3S/c1-18-15(21)9-11-20-17(23)13-24-12-4-8-16(22)19-10-3-7-14-5-2-6-14/h14H,2-13H2,1H3,(H,18,21)(H,19,22)(H,20,23). The summed E-state index contributed by atoms with van der Waals surface area (Å²) < 4.78 is 0. The van der Waals surface area contributed by atoms with E-state index in [1.54, 1.807) is 7.05 Å². The lowest BCUT2D eigenvalue weighted by atomic mass is 9.82. The fourth-order valence-electron chi connectivity index (χ4n) is 2.48. The Bertz CT molecular complexity index is 401. The molecule has 0 radical (unpaired) electrons. The van der Waals surface area contributed by atoms with Crippen molar-refractivity contribution in [2.75, 3.05) is 31.6 Å². The van der Waals surface area contributed by atoms with Crippen LogP contribution in [-0.4, -0.2) is 49.4 Å². The van der Waals surface area contributed by atoms with E-state index in [0.29, 0.717) is 25.1 Å². The van der Waals surface area contributed by atoms with Gasteiger partial charge in [0.1, 0.15) is 0 Å². The lowest BCUT2D eigenvalue weighted by Gasteiger charge is -2.25. The highest BCUT2D eigenvalue weighted by Crippen LogP contribution is 2.30. The van der Waals surface area contributed by atoms with E-state index in [4.69, 9.17) is 0 Å². The van der Waals surface area contributed by atoms with Gasteiger partial charge >= 0.3 is 0 Å². The molecule has 3 amide bonds. The van der Waals surface area contributed by atoms with E-state index in [2.05, 4.69) is 16.0 Å². The molecule has 24 heavy (non-hydrogen) atoms. The van der Waals surface area contributed by atoms with Gasteiger partial charge in [-0.15, -0.1) is 0 Å². The van der Waals surface area contributed by atoms with Gasteiger partial charge in [0, 0.05) is 33.0 Å². The number of carbonyl (C=O) groups excluding carboxylic acids is 3. The molecule has 0 aromatic heterocycles. The number of nitrogens with one attached hydrogen (secondary N) is 3. The van der Waals surface area contributed by atoms with E-state index < -0.39 is 0 Å². The van der Waals surface area contributed by atoms with Gasteiger partial charge in [0.2, 0.25) is 17.7 Å². The molecule has 1 rings (SSSR count). The normalized spacial score (nSPS) is 13.9. The van der Waals surface area contributed by atoms with Gasteiger partial charge in [-0.1, -0.05) is 19.3 Å². The van der Waals surface area contributed by atoms with Crippen LogP contribution >= 0.6 is 11.8 Å². The first-order valence-corrected chi connectivity index (χ1v) is 10.1. The molecule has 0 heterocycles. The third-order valence-electron chi connectivity index (χ3n) is 4.21. The second-order valence-corrected chi connectivity index (χ2v) is 7.32. The maximum absolute atomic E-state index is 11.7. The third-order valence-corrected chi connectivity index (χ3v) is 5.26. The average molecular weight is 358 g/mol. The molecule has 1 saturated carbocycles. The third kappa shape index (κ3) is 10.5. The summed E-state index contributed by atoms with van der Waals surface area (Å²) in [5.74, 6) is 2.03. The van der Waals surface area contributed by atoms with Gasteiger partial charge in [-0.05, 0) is 30.9 Å². The summed E-state index contributed by atoms with van der Waals surface area (Å²) in [7, 11) is 1.57. The molecule has 0 aromatic carbocycles. The van der Waals surface area contributed by atoms with Gasteiger partial charge in [0.15, 0.2) is 0 Å². The zero-order valence-corrected chi connectivity index (χ0v) is 15.5. The van der Waals surface area contributed by atoms with Gasteiger partial charge < -0.3 is 16.0 Å². The van der Waals surface area contributed by atoms with Crippen molar-refractivity contribution < 1.29 is 14.4 Å². The number of amides is 3. The molecule has 138 valence electrons. The number of rotatable bonds is 13. The van der Waals surface area contributed by atoms with Crippen LogP contribution in [0.25, 0.3) is 0 Å². The zero-order chi connectivity index (χ0) is 17.6. The fraction of sp³-hybridized carbons (Fsp3) is 0.824. The van der Waals surface area contributed by atoms with Crippen molar-refractivity contribution in [3.8, 4) is 0 Å². The Kier molecular flexibility index (Phi) is 11.4. The number of carbonyl (C=O) groups is 3. The SMILES string of the molecule is CNC(=O)CCNC(=O)CSCCCC(=O)NCCCC1CCC1. The first kappa shape index (κ1) is 20.8. The van der Waals surface area contributed by atoms with Crippen molar-refractivity contribution in [1.29, 1.82) is 0 Å². The first-order valence-electron chi connectivity index (χ1n) is 8.93. The van der Waals surface area contributed by atoms with Crippen molar-refractivity contribution in [3.63, 3.8) is 0 Å². The van der Waals surface area contributed by atoms with Crippen LogP contribution in [-0.2, 0) is 14.4 Å². The second-order valence-electron chi connectivity index (χ2n) is 6.22. The minimum atomic E-state index is -0.0818. The smallest absolute Gasteiger partial charge is 0.230 e. The maximum Gasteiger partial charge on any atom is 0.230 e. The van der Waals surface area contributed by atoms with Crippen LogP contribution in [0.1, 0.15) is 51.4 Å². The van der Waals surface area contributed by atoms with Crippen LogP contribution in [0.5, 0.6) is 0 Å². The number of hydrogen-bond acceptors (Lipinski definition) is 4. The van der Waals surface area contributed by atoms with Gasteiger partial charge in [-0.25, -0.2) is 0 Å². The number of thioether (sulfide) groups is 1. The molecular formula is C17H31N3O3S. The van der Waals surface area contributed by atoms with E-state index in [9.17, 15) is 14.4 Å². The van der Waals surface area contributed by atoms with E-state index in [0.717, 1.165) is 31.1 Å². The molecule has 1 fully saturated rings. The summed E-state index contributed by atoms with van der Waals surface area (Å²) in [5, 5.41) is 8.17. The van der Waals surface area contributed by atoms with E-state index in [1.807, 2.05) is 0 Å². The van der Waals surface area contributed by atoms with E-state index >= 15 is 0 Å². The highest BCUT2D eigenvalue weighted by molar-refractivity contribution is 7.99. The van der Waals surface area contributed by atoms with Gasteiger partial charge in [0.25, 0.3) is 0 Å². The Morgan fingerprint density at radius 1 is 0.958 bits per heavy atom. The summed E-state index contributed by atoms with van der Waals surface area (Å²) in [6.45, 7) is 1.15. The highest BCUT2D eigenvalue weighted by atomic mass is 32.2. The van der Waals surface area contributed by atoms with Crippen LogP contribution in [0, 0.1) is 5.92 Å². The van der Waals surface area contributed by atoms with Crippen LogP contribution < -0.4 is 16.0 Å². The number of hydrogen-bond donors (Lipinski definition) is 3. The molecular weight excluding hydrogens is 326 g/mol. The largest absolute Gasteiger partial charge is 0.359 e. The molecule has 1 aliphatic carbocycles. The summed E-state index contributed by atoms with van der Waals surface area (Å²) >= 11 is 1.52. The minimum Gasteiger partial charge on any atom is -0.359 e. The van der Waals surface area contributed by atoms with Crippen LogP contribution in [0.4, 0.5) is 0 Å². The van der Waals surface area contributed by atoms with Crippen LogP contribution in [0.3, 0.4) is 0 Å². The Hall–Kier alpha value is -1.24. The molecule has 0 aromatic rings. The maximum atomic E-state index is 11.7. The van der Waals surface area contributed by atoms with Crippen LogP contribution in [0.15, 0.2) is 0 Å². The summed E-state index contributed by atoms with van der Waals surface area (Å²) in [4.78, 5) is 34.2. The fourth-order valence-corrected chi connectivity index (χ4v) is 3.26. The average Bonchev–Trinajstić information content (AvgIpc) is 2.52. The van der Waals surface area contributed by atoms with Crippen molar-refractivity contribution in [1.82, 2.24) is 16.0 Å². The molecule has 0 spiro atoms. The molecule has 0 bridgehead atoms. The summed E-state index contributed by atoms with van der Waals surface area (Å²) in [5.41, 5.74) is 0. The minimum absolute atomic E-state index is 0.0654. The molecule has 0 unspecified atom stereocenters. The first-order chi connectivity index (χ1) is 11.6. The Balaban J connectivity index is 1.85. The van der Waals surface area contributed by atoms with Crippen molar-refractivity contribution in [2.45, 2.75) is 51.4 Å². The van der Waals surface area contributed by atoms with E-state index in [1.165, 1.54) is 37.4 Å². The molecule has 7 heteroatoms. The lowest BCUT2D eigenvalue weighted by Crippen LogP contribution is -2.30. The molecule has 1 aliphatic rings. The molecule has 0 atom stereocenters. The van der Waals surface area contributed by atoms with Gasteiger partial charge in [-0.2, -0.15) is 11.8 Å². The highest BCUT2D eigenvalue weighted by Gasteiger charge is 2.16. The predicted molar refractivity (Wildman–Crippen MR) is 97.8 cm³/mol. The zero-order valence-electron chi connectivity index (χ0n) is 14.7. The molecule has 6 nitrogen and oxygen atoms in total. The second kappa shape index (κ2) is 13.1. The monoisotopic (exact) mass is 357 g/mol. The summed E-state index contributed by atoms with van der Waals surface area (Å²) in [6, 6.07) is 0. The molecule has 0 saturated heterocycles. The van der Waals surface area contributed by atoms with Crippen molar-refractivity contribution in [3.05, 3.63) is 0 Å². The van der Waals surface area contributed by atoms with Crippen molar-refractivity contribution in [2.24, 2.45) is 5.92 Å². The van der Waals surface area contributed by atoms with Crippen molar-refractivity contribution >= 4 is 29.5 Å². The Morgan fingerprint density at radius 3 is 2.38 bits per heavy atom. The van der Waals surface area contributed by atoms with Gasteiger partial charge in [-0.3, -0.25) is 14.4 Å². The Morgan fingerprint density at radius 2 is 1.71 bits per heavy atom. The Labute approximate surface area is 149 Å². The molecule has 3 N–H and O–H groups in total. The lowest BCUT2D eigenvalue weighted by molar-refractivity contribution is -0.122. The molecule has 0 aliphatic heterocycles. The quantitative estimate of drug-likeness (QED) is 0.435. The summed E-state index contributed by atoms with van der Waals surface area (Å²) in [6.07, 6.45) is 8.04. The van der Waals surface area contributed by atoms with Gasteiger partial charge in [0.05, 0.1) is 5.75 Å². The van der Waals surface area contributed by atoms with E-state index in [-0.39, 0.29) is 17.7 Å². The topological polar surface area (TPSA) is 87.3 Å². The van der Waals surface area contributed by atoms with Crippen LogP contribution in [0.2, 0.25) is 0 Å².